The summed E-state index contributed by atoms with van der Waals surface area (Å²) in [5, 5.41) is 5.94. The number of carbonyl (C=O) groups is 3. The highest BCUT2D eigenvalue weighted by Gasteiger charge is 2.66. The first-order chi connectivity index (χ1) is 19.6. The number of hydrogen-bond donors (Lipinski definition) is 1. The molecule has 9 nitrogen and oxygen atoms in total. The number of Topliss-reactive ketones (excluding diaryl/α,β-unsaturated/α-hetero) is 1. The summed E-state index contributed by atoms with van der Waals surface area (Å²) in [5.74, 6) is -2.59. The second-order valence-electron chi connectivity index (χ2n) is 12.0. The Morgan fingerprint density at radius 1 is 1.15 bits per heavy atom. The van der Waals surface area contributed by atoms with Crippen LogP contribution in [0.25, 0.3) is 11.3 Å². The largest absolute Gasteiger partial charge is 0.367 e. The Bertz CT molecular complexity index is 1330. The number of piperazine rings is 1. The molecule has 1 aliphatic carbocycles. The molecule has 3 saturated heterocycles. The van der Waals surface area contributed by atoms with Crippen molar-refractivity contribution in [2.45, 2.75) is 44.4 Å². The first kappa shape index (κ1) is 28.2. The fourth-order valence-electron chi connectivity index (χ4n) is 6.52. The molecule has 41 heavy (non-hydrogen) atoms. The number of rotatable bonds is 7. The summed E-state index contributed by atoms with van der Waals surface area (Å²) in [7, 11) is 2.11. The second kappa shape index (κ2) is 10.7. The van der Waals surface area contributed by atoms with E-state index in [2.05, 4.69) is 22.2 Å². The third-order valence-electron chi connectivity index (χ3n) is 9.06. The van der Waals surface area contributed by atoms with Gasteiger partial charge in [-0.25, -0.2) is 13.8 Å². The van der Waals surface area contributed by atoms with Gasteiger partial charge in [0.05, 0.1) is 17.7 Å². The number of fused-ring (bicyclic) bond motifs is 1. The van der Waals surface area contributed by atoms with E-state index in [1.54, 1.807) is 23.5 Å². The maximum Gasteiger partial charge on any atom is 0.252 e. The van der Waals surface area contributed by atoms with Gasteiger partial charge in [0.2, 0.25) is 12.3 Å². The Labute approximate surface area is 241 Å². The molecule has 4 aliphatic rings. The van der Waals surface area contributed by atoms with Crippen molar-refractivity contribution in [3.8, 4) is 11.3 Å². The molecule has 0 radical (unpaired) electrons. The number of aromatic nitrogens is 1. The molecule has 1 aromatic heterocycles. The summed E-state index contributed by atoms with van der Waals surface area (Å²) in [4.78, 5) is 50.5. The van der Waals surface area contributed by atoms with Crippen LogP contribution in [0.1, 0.15) is 30.6 Å². The van der Waals surface area contributed by atoms with E-state index in [4.69, 9.17) is 9.72 Å². The van der Waals surface area contributed by atoms with Gasteiger partial charge in [-0.3, -0.25) is 14.4 Å². The summed E-state index contributed by atoms with van der Waals surface area (Å²) >= 11 is 1.60. The van der Waals surface area contributed by atoms with Crippen LogP contribution in [0.15, 0.2) is 29.6 Å². The number of ether oxygens (including phenoxy) is 1. The lowest BCUT2D eigenvalue weighted by Crippen LogP contribution is -2.55. The van der Waals surface area contributed by atoms with Gasteiger partial charge >= 0.3 is 0 Å². The van der Waals surface area contributed by atoms with Crippen LogP contribution in [0.3, 0.4) is 0 Å². The smallest absolute Gasteiger partial charge is 0.252 e. The first-order valence-corrected chi connectivity index (χ1v) is 15.0. The van der Waals surface area contributed by atoms with Crippen molar-refractivity contribution < 1.29 is 27.9 Å². The molecule has 2 amide bonds. The van der Waals surface area contributed by atoms with Crippen molar-refractivity contribution in [1.82, 2.24) is 20.1 Å². The Morgan fingerprint density at radius 2 is 1.85 bits per heavy atom. The average molecular weight is 588 g/mol. The monoisotopic (exact) mass is 587 g/mol. The van der Waals surface area contributed by atoms with Crippen LogP contribution in [0.2, 0.25) is 0 Å². The van der Waals surface area contributed by atoms with Gasteiger partial charge in [-0.05, 0) is 37.4 Å². The summed E-state index contributed by atoms with van der Waals surface area (Å²) in [6, 6.07) is 6.06. The summed E-state index contributed by atoms with van der Waals surface area (Å²) in [6.07, 6.45) is -3.33. The molecule has 4 fully saturated rings. The number of amides is 2. The molecule has 2 aromatic rings. The molecular formula is C29H35F2N5O4S. The fourth-order valence-corrected chi connectivity index (χ4v) is 7.41. The van der Waals surface area contributed by atoms with Crippen LogP contribution < -0.4 is 10.2 Å². The van der Waals surface area contributed by atoms with Gasteiger partial charge in [0.25, 0.3) is 5.91 Å². The number of thiazole rings is 1. The zero-order chi connectivity index (χ0) is 29.1. The Morgan fingerprint density at radius 3 is 2.49 bits per heavy atom. The molecule has 4 heterocycles. The number of carbonyl (C=O) groups excluding carboxylic acids is 3. The lowest BCUT2D eigenvalue weighted by atomic mass is 10.0. The SMILES string of the molecule is CC(C)C1CC1(NC(=O)c1ccc(-c2csc(N3CCN(C)CC3)n2)cc1)C(=O)N1C[C@@H](C(F)F)[C@H]2OCC(=O)[C@H]21. The third-order valence-corrected chi connectivity index (χ3v) is 9.96. The van der Waals surface area contributed by atoms with Gasteiger partial charge in [0.15, 0.2) is 10.9 Å². The minimum Gasteiger partial charge on any atom is -0.367 e. The minimum absolute atomic E-state index is 0.0700. The zero-order valence-electron chi connectivity index (χ0n) is 23.4. The van der Waals surface area contributed by atoms with Crippen LogP contribution >= 0.6 is 11.3 Å². The molecular weight excluding hydrogens is 552 g/mol. The van der Waals surface area contributed by atoms with E-state index in [0.717, 1.165) is 42.6 Å². The zero-order valence-corrected chi connectivity index (χ0v) is 24.2. The number of ketones is 1. The maximum absolute atomic E-state index is 13.9. The van der Waals surface area contributed by atoms with Crippen molar-refractivity contribution in [3.05, 3.63) is 35.2 Å². The summed E-state index contributed by atoms with van der Waals surface area (Å²) in [6.45, 7) is 7.24. The number of alkyl halides is 2. The van der Waals surface area contributed by atoms with Gasteiger partial charge in [-0.15, -0.1) is 11.3 Å². The van der Waals surface area contributed by atoms with Crippen molar-refractivity contribution >= 4 is 34.1 Å². The van der Waals surface area contributed by atoms with Gasteiger partial charge in [-0.2, -0.15) is 0 Å². The lowest BCUT2D eigenvalue weighted by molar-refractivity contribution is -0.139. The van der Waals surface area contributed by atoms with Gasteiger partial charge in [-0.1, -0.05) is 26.0 Å². The Hall–Kier alpha value is -2.96. The van der Waals surface area contributed by atoms with Crippen LogP contribution in [0.4, 0.5) is 13.9 Å². The lowest BCUT2D eigenvalue weighted by Gasteiger charge is -2.32. The minimum atomic E-state index is -2.72. The highest BCUT2D eigenvalue weighted by atomic mass is 32.1. The van der Waals surface area contributed by atoms with E-state index in [1.807, 2.05) is 31.4 Å². The van der Waals surface area contributed by atoms with Gasteiger partial charge < -0.3 is 24.8 Å². The van der Waals surface area contributed by atoms with Crippen LogP contribution in [-0.2, 0) is 14.3 Å². The molecule has 6 rings (SSSR count). The first-order valence-electron chi connectivity index (χ1n) is 14.1. The number of nitrogens with zero attached hydrogens (tertiary/aromatic N) is 4. The second-order valence-corrected chi connectivity index (χ2v) is 12.8. The van der Waals surface area contributed by atoms with Crippen molar-refractivity contribution in [1.29, 1.82) is 0 Å². The van der Waals surface area contributed by atoms with E-state index in [0.29, 0.717) is 12.0 Å². The summed E-state index contributed by atoms with van der Waals surface area (Å²) in [5.41, 5.74) is 0.872. The van der Waals surface area contributed by atoms with E-state index in [-0.39, 0.29) is 30.8 Å². The molecule has 1 saturated carbocycles. The van der Waals surface area contributed by atoms with Crippen LogP contribution in [0, 0.1) is 17.8 Å². The molecule has 5 atom stereocenters. The quantitative estimate of drug-likeness (QED) is 0.533. The number of nitrogens with one attached hydrogen (secondary N) is 1. The summed E-state index contributed by atoms with van der Waals surface area (Å²) < 4.78 is 32.9. The van der Waals surface area contributed by atoms with E-state index in [1.165, 1.54) is 4.90 Å². The number of likely N-dealkylation sites (tertiary alicyclic amines) is 1. The van der Waals surface area contributed by atoms with Gasteiger partial charge in [0, 0.05) is 49.2 Å². The number of halogens is 2. The highest BCUT2D eigenvalue weighted by Crippen LogP contribution is 2.51. The molecule has 220 valence electrons. The molecule has 3 aliphatic heterocycles. The normalized spacial score (nSPS) is 29.9. The third kappa shape index (κ3) is 5.03. The molecule has 1 aromatic carbocycles. The number of benzene rings is 1. The Kier molecular flexibility index (Phi) is 7.36. The Balaban J connectivity index is 1.17. The fraction of sp³-hybridized carbons (Fsp3) is 0.586. The highest BCUT2D eigenvalue weighted by molar-refractivity contribution is 7.14. The van der Waals surface area contributed by atoms with Crippen LogP contribution in [0.5, 0.6) is 0 Å². The van der Waals surface area contributed by atoms with E-state index < -0.39 is 41.8 Å². The molecule has 0 bridgehead atoms. The predicted molar refractivity (Wildman–Crippen MR) is 150 cm³/mol. The number of likely N-dealkylation sites (N-methyl/N-ethyl adjacent to an activating group) is 1. The maximum atomic E-state index is 13.9. The number of hydrogen-bond acceptors (Lipinski definition) is 8. The average Bonchev–Trinajstić information content (AvgIpc) is 3.26. The van der Waals surface area contributed by atoms with Gasteiger partial charge in [0.1, 0.15) is 18.2 Å². The number of anilines is 1. The standard InChI is InChI=1S/C29H35F2N5O4S/c1-16(2)20-12-29(20,27(39)36-13-19(25(30)31)24-23(36)22(37)14-40-24)33-26(38)18-6-4-17(5-7-18)21-15-41-28(32-21)35-10-8-34(3)9-11-35/h4-7,15-16,19-20,23-25H,8-14H2,1-3H3,(H,33,38)/t19-,20?,23-,24-,29?/m1/s1. The van der Waals surface area contributed by atoms with Crippen molar-refractivity contribution in [3.63, 3.8) is 0 Å². The molecule has 12 heteroatoms. The topological polar surface area (TPSA) is 95.1 Å². The van der Waals surface area contributed by atoms with E-state index >= 15 is 0 Å². The molecule has 0 spiro atoms. The molecule has 1 N–H and O–H groups in total. The van der Waals surface area contributed by atoms with Crippen molar-refractivity contribution in [2.24, 2.45) is 17.8 Å². The van der Waals surface area contributed by atoms with Crippen LogP contribution in [-0.4, -0.2) is 103 Å². The van der Waals surface area contributed by atoms with Crippen molar-refractivity contribution in [2.75, 3.05) is 51.3 Å². The predicted octanol–water partition coefficient (Wildman–Crippen LogP) is 2.77. The van der Waals surface area contributed by atoms with E-state index in [9.17, 15) is 23.2 Å². The molecule has 2 unspecified atom stereocenters.